The van der Waals surface area contributed by atoms with Gasteiger partial charge in [-0.25, -0.2) is 8.42 Å². The fourth-order valence-corrected chi connectivity index (χ4v) is 5.33. The predicted octanol–water partition coefficient (Wildman–Crippen LogP) is 3.28. The van der Waals surface area contributed by atoms with Crippen molar-refractivity contribution in [2.75, 3.05) is 13.1 Å². The molecule has 0 spiro atoms. The summed E-state index contributed by atoms with van der Waals surface area (Å²) >= 11 is 5.89. The van der Waals surface area contributed by atoms with Crippen LogP contribution in [0, 0.1) is 5.92 Å². The van der Waals surface area contributed by atoms with Crippen molar-refractivity contribution >= 4 is 33.5 Å². The Labute approximate surface area is 177 Å². The van der Waals surface area contributed by atoms with Crippen LogP contribution >= 0.6 is 11.6 Å². The molecule has 1 saturated heterocycles. The van der Waals surface area contributed by atoms with E-state index in [1.54, 1.807) is 0 Å². The van der Waals surface area contributed by atoms with E-state index >= 15 is 0 Å². The zero-order valence-electron chi connectivity index (χ0n) is 16.6. The highest BCUT2D eigenvalue weighted by molar-refractivity contribution is 7.89. The molecule has 7 nitrogen and oxygen atoms in total. The third kappa shape index (κ3) is 6.42. The Morgan fingerprint density at radius 2 is 1.97 bits per heavy atom. The second-order valence-corrected chi connectivity index (χ2v) is 9.64. The second kappa shape index (κ2) is 10.9. The smallest absolute Gasteiger partial charge is 0.306 e. The number of hydrogen-bond donors (Lipinski definition) is 2. The van der Waals surface area contributed by atoms with E-state index in [0.29, 0.717) is 43.7 Å². The molecule has 2 N–H and O–H groups in total. The summed E-state index contributed by atoms with van der Waals surface area (Å²) in [6.45, 7) is 2.53. The molecule has 29 heavy (non-hydrogen) atoms. The molecule has 1 unspecified atom stereocenters. The van der Waals surface area contributed by atoms with Crippen LogP contribution in [0.3, 0.4) is 0 Å². The second-order valence-electron chi connectivity index (χ2n) is 7.31. The minimum absolute atomic E-state index is 0.0934. The summed E-state index contributed by atoms with van der Waals surface area (Å²) in [5, 5.41) is 12.4. The van der Waals surface area contributed by atoms with Crippen molar-refractivity contribution in [1.82, 2.24) is 9.62 Å². The Kier molecular flexibility index (Phi) is 8.92. The number of amides is 1. The van der Waals surface area contributed by atoms with Gasteiger partial charge >= 0.3 is 5.97 Å². The van der Waals surface area contributed by atoms with Crippen molar-refractivity contribution in [2.24, 2.45) is 5.92 Å². The molecule has 1 aromatic carbocycles. The van der Waals surface area contributed by atoms with Crippen molar-refractivity contribution in [3.05, 3.63) is 29.3 Å². The number of nitrogens with zero attached hydrogens (tertiary/aromatic N) is 1. The number of carbonyl (C=O) groups is 2. The van der Waals surface area contributed by atoms with Crippen LogP contribution in [0.15, 0.2) is 29.2 Å². The number of halogens is 1. The average Bonchev–Trinajstić information content (AvgIpc) is 2.89. The minimum Gasteiger partial charge on any atom is -0.481 e. The lowest BCUT2D eigenvalue weighted by molar-refractivity contribution is -0.142. The molecule has 1 aliphatic rings. The standard InChI is InChI=1S/C20H29ClN2O5S/c1-2-15(20(25)26)7-4-6-14-23(18-8-3-5-13-22-19(18)24)29(27,28)17-11-9-16(21)10-12-17/h9-12,15,18H,2-8,13-14H2,1H3,(H,22,24)(H,25,26)/t15?,18-/m1/s1. The lowest BCUT2D eigenvalue weighted by Gasteiger charge is -2.29. The monoisotopic (exact) mass is 444 g/mol. The quantitative estimate of drug-likeness (QED) is 0.539. The molecule has 0 radical (unpaired) electrons. The number of rotatable bonds is 10. The van der Waals surface area contributed by atoms with Crippen LogP contribution in [0.25, 0.3) is 0 Å². The van der Waals surface area contributed by atoms with Gasteiger partial charge in [0.05, 0.1) is 10.8 Å². The van der Waals surface area contributed by atoms with Gasteiger partial charge in [-0.2, -0.15) is 4.31 Å². The zero-order valence-corrected chi connectivity index (χ0v) is 18.2. The molecule has 2 rings (SSSR count). The maximum atomic E-state index is 13.3. The molecule has 0 aromatic heterocycles. The number of carboxylic acids is 1. The summed E-state index contributed by atoms with van der Waals surface area (Å²) in [7, 11) is -3.89. The molecule has 1 aliphatic heterocycles. The first-order valence-electron chi connectivity index (χ1n) is 10.0. The van der Waals surface area contributed by atoms with Crippen molar-refractivity contribution < 1.29 is 23.1 Å². The molecule has 1 fully saturated rings. The van der Waals surface area contributed by atoms with Gasteiger partial charge in [0.25, 0.3) is 0 Å². The number of benzene rings is 1. The van der Waals surface area contributed by atoms with Crippen molar-refractivity contribution in [2.45, 2.75) is 62.8 Å². The highest BCUT2D eigenvalue weighted by Gasteiger charge is 2.36. The highest BCUT2D eigenvalue weighted by atomic mass is 35.5. The van der Waals surface area contributed by atoms with E-state index in [-0.39, 0.29) is 17.3 Å². The summed E-state index contributed by atoms with van der Waals surface area (Å²) in [6, 6.07) is 5.14. The fraction of sp³-hybridized carbons (Fsp3) is 0.600. The number of hydrogen-bond acceptors (Lipinski definition) is 4. The molecule has 1 heterocycles. The molecule has 1 amide bonds. The molecule has 0 bridgehead atoms. The van der Waals surface area contributed by atoms with E-state index < -0.39 is 28.0 Å². The Hall–Kier alpha value is -1.64. The first kappa shape index (κ1) is 23.6. The average molecular weight is 445 g/mol. The summed E-state index contributed by atoms with van der Waals surface area (Å²) < 4.78 is 27.9. The molecule has 0 aliphatic carbocycles. The van der Waals surface area contributed by atoms with Crippen molar-refractivity contribution in [1.29, 1.82) is 0 Å². The van der Waals surface area contributed by atoms with Crippen molar-refractivity contribution in [3.63, 3.8) is 0 Å². The fourth-order valence-electron chi connectivity index (χ4n) is 3.54. The molecular formula is C20H29ClN2O5S. The molecule has 2 atom stereocenters. The lowest BCUT2D eigenvalue weighted by Crippen LogP contribution is -2.49. The summed E-state index contributed by atoms with van der Waals surface area (Å²) in [4.78, 5) is 23.8. The topological polar surface area (TPSA) is 104 Å². The Balaban J connectivity index is 2.20. The minimum atomic E-state index is -3.89. The molecular weight excluding hydrogens is 416 g/mol. The molecule has 162 valence electrons. The van der Waals surface area contributed by atoms with E-state index in [1.807, 2.05) is 6.92 Å². The highest BCUT2D eigenvalue weighted by Crippen LogP contribution is 2.25. The molecule has 1 aromatic rings. The van der Waals surface area contributed by atoms with Crippen LogP contribution in [0.1, 0.15) is 51.9 Å². The van der Waals surface area contributed by atoms with Gasteiger partial charge in [0.1, 0.15) is 6.04 Å². The van der Waals surface area contributed by atoms with Gasteiger partial charge < -0.3 is 10.4 Å². The van der Waals surface area contributed by atoms with Gasteiger partial charge in [-0.05, 0) is 62.8 Å². The number of aliphatic carboxylic acids is 1. The normalized spacial score (nSPS) is 18.9. The summed E-state index contributed by atoms with van der Waals surface area (Å²) in [5.74, 6) is -1.55. The van der Waals surface area contributed by atoms with E-state index in [9.17, 15) is 23.1 Å². The largest absolute Gasteiger partial charge is 0.481 e. The van der Waals surface area contributed by atoms with Crippen molar-refractivity contribution in [3.8, 4) is 0 Å². The maximum absolute atomic E-state index is 13.3. The maximum Gasteiger partial charge on any atom is 0.306 e. The first-order valence-corrected chi connectivity index (χ1v) is 11.9. The van der Waals surface area contributed by atoms with E-state index in [0.717, 1.165) is 12.8 Å². The van der Waals surface area contributed by atoms with Gasteiger partial charge in [0.2, 0.25) is 15.9 Å². The van der Waals surface area contributed by atoms with Crippen LogP contribution in [-0.2, 0) is 19.6 Å². The summed E-state index contributed by atoms with van der Waals surface area (Å²) in [5.41, 5.74) is 0. The third-order valence-corrected chi connectivity index (χ3v) is 7.47. The van der Waals surface area contributed by atoms with Crippen LogP contribution in [-0.4, -0.2) is 48.8 Å². The SMILES string of the molecule is CCC(CCCCN([C@@H]1CCCCNC1=O)S(=O)(=O)c1ccc(Cl)cc1)C(=O)O. The molecule has 9 heteroatoms. The zero-order chi connectivity index (χ0) is 21.4. The van der Waals surface area contributed by atoms with Crippen LogP contribution in [0.2, 0.25) is 5.02 Å². The Morgan fingerprint density at radius 3 is 2.59 bits per heavy atom. The number of carbonyl (C=O) groups excluding carboxylic acids is 1. The van der Waals surface area contributed by atoms with E-state index in [2.05, 4.69) is 5.32 Å². The van der Waals surface area contributed by atoms with Gasteiger partial charge in [0, 0.05) is 18.1 Å². The number of unbranched alkanes of at least 4 members (excludes halogenated alkanes) is 1. The van der Waals surface area contributed by atoms with E-state index in [1.165, 1.54) is 28.6 Å². The van der Waals surface area contributed by atoms with E-state index in [4.69, 9.17) is 11.6 Å². The Bertz CT molecular complexity index is 798. The van der Waals surface area contributed by atoms with Crippen LogP contribution in [0.4, 0.5) is 0 Å². The predicted molar refractivity (Wildman–Crippen MR) is 111 cm³/mol. The first-order chi connectivity index (χ1) is 13.8. The van der Waals surface area contributed by atoms with Gasteiger partial charge in [-0.15, -0.1) is 0 Å². The third-order valence-electron chi connectivity index (χ3n) is 5.30. The van der Waals surface area contributed by atoms with Crippen LogP contribution in [0.5, 0.6) is 0 Å². The van der Waals surface area contributed by atoms with Gasteiger partial charge in [-0.3, -0.25) is 9.59 Å². The number of sulfonamides is 1. The number of carboxylic acid groups (broad SMARTS) is 1. The van der Waals surface area contributed by atoms with Gasteiger partial charge in [0.15, 0.2) is 0 Å². The Morgan fingerprint density at radius 1 is 1.28 bits per heavy atom. The lowest BCUT2D eigenvalue weighted by atomic mass is 9.99. The van der Waals surface area contributed by atoms with Crippen LogP contribution < -0.4 is 5.32 Å². The summed E-state index contributed by atoms with van der Waals surface area (Å²) in [6.07, 6.45) is 4.11. The van der Waals surface area contributed by atoms with Gasteiger partial charge in [-0.1, -0.05) is 24.9 Å². The number of nitrogens with one attached hydrogen (secondary N) is 1. The molecule has 0 saturated carbocycles.